The second-order valence-corrected chi connectivity index (χ2v) is 7.34. The lowest BCUT2D eigenvalue weighted by atomic mass is 9.99. The normalized spacial score (nSPS) is 14.0. The van der Waals surface area contributed by atoms with E-state index in [0.29, 0.717) is 25.5 Å². The van der Waals surface area contributed by atoms with E-state index in [-0.39, 0.29) is 23.4 Å². The molecule has 0 unspecified atom stereocenters. The number of amides is 2. The summed E-state index contributed by atoms with van der Waals surface area (Å²) >= 11 is 0. The number of aryl methyl sites for hydroxylation is 1. The molecule has 0 saturated carbocycles. The van der Waals surface area contributed by atoms with Crippen molar-refractivity contribution in [1.82, 2.24) is 4.98 Å². The Morgan fingerprint density at radius 1 is 1.28 bits per heavy atom. The third kappa shape index (κ3) is 5.20. The second kappa shape index (κ2) is 9.17. The van der Waals surface area contributed by atoms with E-state index in [9.17, 15) is 13.6 Å². The molecule has 1 aliphatic heterocycles. The van der Waals surface area contributed by atoms with E-state index < -0.39 is 12.6 Å². The molecule has 2 amide bonds. The van der Waals surface area contributed by atoms with Crippen molar-refractivity contribution in [3.05, 3.63) is 47.7 Å². The van der Waals surface area contributed by atoms with Crippen molar-refractivity contribution in [1.29, 1.82) is 0 Å². The first-order valence-corrected chi connectivity index (χ1v) is 9.52. The molecule has 0 atom stereocenters. The van der Waals surface area contributed by atoms with E-state index in [1.165, 1.54) is 6.07 Å². The molecule has 0 spiro atoms. The lowest BCUT2D eigenvalue weighted by Crippen LogP contribution is -2.44. The Bertz CT molecular complexity index is 857. The molecule has 29 heavy (non-hydrogen) atoms. The monoisotopic (exact) mass is 405 g/mol. The number of nitrogens with one attached hydrogen (secondary N) is 1. The molecule has 1 fully saturated rings. The first-order chi connectivity index (χ1) is 13.8. The molecular formula is C21H25F2N3O3. The van der Waals surface area contributed by atoms with Crippen LogP contribution in [-0.4, -0.2) is 37.4 Å². The van der Waals surface area contributed by atoms with Crippen LogP contribution >= 0.6 is 0 Å². The Morgan fingerprint density at radius 3 is 2.62 bits per heavy atom. The second-order valence-electron chi connectivity index (χ2n) is 7.34. The van der Waals surface area contributed by atoms with E-state index in [0.717, 1.165) is 11.3 Å². The molecule has 0 bridgehead atoms. The third-order valence-corrected chi connectivity index (χ3v) is 4.68. The molecular weight excluding hydrogens is 380 g/mol. The molecule has 1 N–H and O–H groups in total. The van der Waals surface area contributed by atoms with Crippen LogP contribution in [0.3, 0.4) is 0 Å². The highest BCUT2D eigenvalue weighted by atomic mass is 19.3. The highest BCUT2D eigenvalue weighted by molar-refractivity contribution is 6.03. The van der Waals surface area contributed by atoms with Gasteiger partial charge in [0.1, 0.15) is 5.69 Å². The zero-order valence-corrected chi connectivity index (χ0v) is 16.7. The Balaban J connectivity index is 1.90. The first kappa shape index (κ1) is 21.0. The summed E-state index contributed by atoms with van der Waals surface area (Å²) in [6.45, 7) is 4.36. The van der Waals surface area contributed by atoms with Gasteiger partial charge < -0.3 is 14.8 Å². The number of carbonyl (C=O) groups is 1. The van der Waals surface area contributed by atoms with E-state index in [4.69, 9.17) is 4.74 Å². The molecule has 8 heteroatoms. The van der Waals surface area contributed by atoms with Crippen LogP contribution in [0.15, 0.2) is 36.4 Å². The summed E-state index contributed by atoms with van der Waals surface area (Å²) in [4.78, 5) is 18.8. The fraction of sp³-hybridized carbons (Fsp3) is 0.429. The fourth-order valence-electron chi connectivity index (χ4n) is 3.15. The number of alkyl halides is 2. The van der Waals surface area contributed by atoms with Gasteiger partial charge in [0, 0.05) is 23.8 Å². The average Bonchev–Trinajstić information content (AvgIpc) is 2.62. The highest BCUT2D eigenvalue weighted by Crippen LogP contribution is 2.31. The van der Waals surface area contributed by atoms with Crippen molar-refractivity contribution in [3.8, 4) is 5.88 Å². The molecule has 156 valence electrons. The third-order valence-electron chi connectivity index (χ3n) is 4.68. The van der Waals surface area contributed by atoms with Crippen molar-refractivity contribution in [3.63, 3.8) is 0 Å². The maximum Gasteiger partial charge on any atom is 0.388 e. The number of rotatable bonds is 7. The zero-order valence-electron chi connectivity index (χ0n) is 16.7. The van der Waals surface area contributed by atoms with Gasteiger partial charge in [-0.15, -0.1) is 0 Å². The van der Waals surface area contributed by atoms with Crippen molar-refractivity contribution in [2.75, 3.05) is 30.0 Å². The van der Waals surface area contributed by atoms with Gasteiger partial charge in [-0.1, -0.05) is 32.0 Å². The average molecular weight is 405 g/mol. The van der Waals surface area contributed by atoms with Gasteiger partial charge in [0.2, 0.25) is 5.88 Å². The quantitative estimate of drug-likeness (QED) is 0.719. The number of ether oxygens (including phenoxy) is 2. The van der Waals surface area contributed by atoms with Gasteiger partial charge in [-0.25, -0.2) is 9.78 Å². The van der Waals surface area contributed by atoms with Gasteiger partial charge in [-0.05, 0) is 36.6 Å². The minimum absolute atomic E-state index is 0.0952. The van der Waals surface area contributed by atoms with Gasteiger partial charge in [-0.2, -0.15) is 8.78 Å². The number of hydrogen-bond acceptors (Lipinski definition) is 4. The Labute approximate surface area is 168 Å². The minimum Gasteiger partial charge on any atom is -0.415 e. The fourth-order valence-corrected chi connectivity index (χ4v) is 3.15. The van der Waals surface area contributed by atoms with Crippen LogP contribution in [0.2, 0.25) is 0 Å². The number of anilines is 2. The number of benzene rings is 1. The summed E-state index contributed by atoms with van der Waals surface area (Å²) in [5, 5.41) is 2.69. The highest BCUT2D eigenvalue weighted by Gasteiger charge is 2.28. The van der Waals surface area contributed by atoms with E-state index in [1.54, 1.807) is 17.9 Å². The van der Waals surface area contributed by atoms with Crippen LogP contribution in [0, 0.1) is 12.8 Å². The summed E-state index contributed by atoms with van der Waals surface area (Å²) in [5.74, 6) is 0.115. The van der Waals surface area contributed by atoms with Crippen LogP contribution in [0.1, 0.15) is 31.0 Å². The first-order valence-electron chi connectivity index (χ1n) is 9.52. The van der Waals surface area contributed by atoms with E-state index in [1.807, 2.05) is 24.3 Å². The summed E-state index contributed by atoms with van der Waals surface area (Å²) in [6.07, 6.45) is 0. The van der Waals surface area contributed by atoms with Crippen LogP contribution < -0.4 is 15.0 Å². The molecule has 1 aliphatic rings. The van der Waals surface area contributed by atoms with Crippen LogP contribution in [0.25, 0.3) is 0 Å². The van der Waals surface area contributed by atoms with E-state index >= 15 is 0 Å². The summed E-state index contributed by atoms with van der Waals surface area (Å²) in [6, 6.07) is 10.4. The Kier molecular flexibility index (Phi) is 6.64. The summed E-state index contributed by atoms with van der Waals surface area (Å²) in [5.41, 5.74) is 2.40. The largest absolute Gasteiger partial charge is 0.415 e. The predicted octanol–water partition coefficient (Wildman–Crippen LogP) is 4.80. The number of nitrogens with zero attached hydrogens (tertiary/aromatic N) is 2. The molecule has 1 aromatic carbocycles. The molecule has 3 rings (SSSR count). The standard InChI is InChI=1S/C21H25F2N3O3/c1-13(2)16-6-4-5-7-18(16)26(10-15-11-28-12-15)21(27)25-17-9-8-14(3)24-19(17)29-20(22)23/h4-9,13,15,20H,10-12H2,1-3H3,(H,25,27). The van der Waals surface area contributed by atoms with Crippen molar-refractivity contribution in [2.24, 2.45) is 5.92 Å². The van der Waals surface area contributed by atoms with Crippen molar-refractivity contribution >= 4 is 17.4 Å². The Hall–Kier alpha value is -2.74. The molecule has 6 nitrogen and oxygen atoms in total. The molecule has 2 heterocycles. The lowest BCUT2D eigenvalue weighted by molar-refractivity contribution is -0.0523. The number of pyridine rings is 1. The van der Waals surface area contributed by atoms with Gasteiger partial charge in [0.25, 0.3) is 0 Å². The van der Waals surface area contributed by atoms with Crippen LogP contribution in [0.4, 0.5) is 25.0 Å². The number of urea groups is 1. The Morgan fingerprint density at radius 2 is 2.00 bits per heavy atom. The minimum atomic E-state index is -3.04. The number of para-hydroxylation sites is 1. The lowest BCUT2D eigenvalue weighted by Gasteiger charge is -2.34. The number of hydrogen-bond donors (Lipinski definition) is 1. The molecule has 1 saturated heterocycles. The zero-order chi connectivity index (χ0) is 21.0. The number of carbonyl (C=O) groups excluding carboxylic acids is 1. The van der Waals surface area contributed by atoms with Gasteiger partial charge >= 0.3 is 12.6 Å². The van der Waals surface area contributed by atoms with Gasteiger partial charge in [-0.3, -0.25) is 4.90 Å². The van der Waals surface area contributed by atoms with Crippen LogP contribution in [0.5, 0.6) is 5.88 Å². The maximum atomic E-state index is 13.2. The van der Waals surface area contributed by atoms with Gasteiger partial charge in [0.15, 0.2) is 0 Å². The number of halogens is 2. The molecule has 0 aliphatic carbocycles. The molecule has 0 radical (unpaired) electrons. The van der Waals surface area contributed by atoms with Crippen LogP contribution in [-0.2, 0) is 4.74 Å². The topological polar surface area (TPSA) is 63.7 Å². The van der Waals surface area contributed by atoms with Crippen molar-refractivity contribution in [2.45, 2.75) is 33.3 Å². The van der Waals surface area contributed by atoms with E-state index in [2.05, 4.69) is 28.9 Å². The summed E-state index contributed by atoms with van der Waals surface area (Å²) < 4.78 is 35.3. The molecule has 2 aromatic rings. The predicted molar refractivity (Wildman–Crippen MR) is 107 cm³/mol. The number of aromatic nitrogens is 1. The summed E-state index contributed by atoms with van der Waals surface area (Å²) in [7, 11) is 0. The smallest absolute Gasteiger partial charge is 0.388 e. The van der Waals surface area contributed by atoms with Gasteiger partial charge in [0.05, 0.1) is 13.2 Å². The van der Waals surface area contributed by atoms with Crippen molar-refractivity contribution < 1.29 is 23.0 Å². The SMILES string of the molecule is Cc1ccc(NC(=O)N(CC2COC2)c2ccccc2C(C)C)c(OC(F)F)n1. The maximum absolute atomic E-state index is 13.2. The molecule has 1 aromatic heterocycles.